The molecule has 3 aromatic carbocycles. The van der Waals surface area contributed by atoms with Gasteiger partial charge in [0.15, 0.2) is 54.1 Å². The predicted molar refractivity (Wildman–Crippen MR) is 300 cm³/mol. The smallest absolute Gasteiger partial charge is 0.506 e. The van der Waals surface area contributed by atoms with Crippen molar-refractivity contribution in [1.29, 1.82) is 0 Å². The van der Waals surface area contributed by atoms with Crippen LogP contribution < -0.4 is 14.9 Å². The minimum Gasteiger partial charge on any atom is -0.571 e. The van der Waals surface area contributed by atoms with Gasteiger partial charge in [-0.1, -0.05) is 0 Å². The molecule has 514 valence electrons. The number of esters is 2. The number of phenolic OH excluding ortho intramolecular Hbond substituents is 4. The largest absolute Gasteiger partial charge is 0.571 e. The number of carbonyl (C=O) groups is 4. The summed E-state index contributed by atoms with van der Waals surface area (Å²) in [5, 5.41) is 200. The molecule has 21 unspecified atom stereocenters. The summed E-state index contributed by atoms with van der Waals surface area (Å²) in [6, 6.07) is 9.53. The Labute approximate surface area is 529 Å². The van der Waals surface area contributed by atoms with Gasteiger partial charge >= 0.3 is 29.8 Å². The van der Waals surface area contributed by atoms with Gasteiger partial charge in [-0.2, -0.15) is 0 Å². The van der Waals surface area contributed by atoms with Crippen LogP contribution in [0.1, 0.15) is 12.0 Å². The summed E-state index contributed by atoms with van der Waals surface area (Å²) in [5.41, 5.74) is -1.99. The van der Waals surface area contributed by atoms with Crippen molar-refractivity contribution in [3.8, 4) is 45.8 Å². The highest BCUT2D eigenvalue weighted by molar-refractivity contribution is 5.91. The quantitative estimate of drug-likeness (QED) is 0.0139. The van der Waals surface area contributed by atoms with Crippen molar-refractivity contribution in [3.63, 3.8) is 0 Å². The van der Waals surface area contributed by atoms with Crippen molar-refractivity contribution in [2.24, 2.45) is 0 Å². The molecule has 21 atom stereocenters. The number of carboxylic acid groups (broad SMARTS) is 2. The molecule has 0 radical (unpaired) electrons. The van der Waals surface area contributed by atoms with E-state index in [4.69, 9.17) is 56.5 Å². The van der Waals surface area contributed by atoms with Crippen molar-refractivity contribution in [3.05, 3.63) is 111 Å². The first-order valence-electron chi connectivity index (χ1n) is 28.3. The second-order valence-corrected chi connectivity index (χ2v) is 22.0. The number of aliphatic carboxylic acids is 1. The Morgan fingerprint density at radius 1 is 0.558 bits per heavy atom. The highest BCUT2D eigenvalue weighted by Gasteiger charge is 2.55. The van der Waals surface area contributed by atoms with Crippen LogP contribution in [0.2, 0.25) is 0 Å². The van der Waals surface area contributed by atoms with Crippen molar-refractivity contribution in [2.75, 3.05) is 19.8 Å². The van der Waals surface area contributed by atoms with Crippen molar-refractivity contribution < 1.29 is 177 Å². The molecule has 1 aliphatic carbocycles. The van der Waals surface area contributed by atoms with Crippen molar-refractivity contribution in [1.82, 2.24) is 0 Å². The SMILES string of the molecule is O=C(O)OC1C(O)C(COC(=O)CC(=O)OC2C(Oc3cc(O)c4c(=O)c(OC5OC(CO)C(O)C(O)C5OC5OC(CO)C(O)C(O)C5O)c(-c5ccc(O)cc5)oc4c3)OC(C(=O)O)C(O)C2O)OC(OC2=C(c3ccc(O)c(O)c3)[OH+]C3C=C(O)C=C(O)C3=C2)C1O. The van der Waals surface area contributed by atoms with E-state index in [0.717, 1.165) is 36.4 Å². The molecule has 37 nitrogen and oxygen atoms in total. The van der Waals surface area contributed by atoms with Crippen LogP contribution in [0.5, 0.6) is 34.5 Å². The van der Waals surface area contributed by atoms with Gasteiger partial charge in [-0.15, -0.1) is 0 Å². The van der Waals surface area contributed by atoms with E-state index in [1.54, 1.807) is 0 Å². The molecule has 0 spiro atoms. The first-order chi connectivity index (χ1) is 45.0. The third kappa shape index (κ3) is 14.2. The minimum absolute atomic E-state index is 0.000975. The third-order valence-corrected chi connectivity index (χ3v) is 15.6. The molecule has 10 rings (SSSR count). The van der Waals surface area contributed by atoms with Gasteiger partial charge < -0.3 is 158 Å². The molecule has 6 heterocycles. The van der Waals surface area contributed by atoms with Crippen LogP contribution in [0.15, 0.2) is 105 Å². The molecule has 4 fully saturated rings. The Morgan fingerprint density at radius 3 is 1.86 bits per heavy atom. The number of phenols is 4. The van der Waals surface area contributed by atoms with E-state index in [0.29, 0.717) is 6.07 Å². The molecule has 95 heavy (non-hydrogen) atoms. The van der Waals surface area contributed by atoms with E-state index in [2.05, 4.69) is 4.74 Å². The normalized spacial score (nSPS) is 33.1. The summed E-state index contributed by atoms with van der Waals surface area (Å²) >= 11 is 0. The van der Waals surface area contributed by atoms with Crippen molar-refractivity contribution in [2.45, 2.75) is 135 Å². The second-order valence-electron chi connectivity index (χ2n) is 22.0. The van der Waals surface area contributed by atoms with Crippen LogP contribution >= 0.6 is 0 Å². The number of ether oxygens (including phenoxy) is 12. The van der Waals surface area contributed by atoms with Gasteiger partial charge in [0.2, 0.25) is 41.9 Å². The van der Waals surface area contributed by atoms with Crippen molar-refractivity contribution >= 4 is 40.8 Å². The fourth-order valence-electron chi connectivity index (χ4n) is 10.8. The standard InChI is InChI=1S/C58H60O37/c59-14-30-36(69)40(73)44(77)54(88-30)94-52-41(74)37(70)31(15-60)89-57(52)92-49-39(72)35-26(66)10-21(11-28(35)86-47(49)17-1-4-19(61)5-2-17)84-56-51(43(76)42(75)50(93-56)53(79)80)91-34(68)13-33(67)83-16-32-38(71)48(95-58(81)82)45(78)55(90-32)87-29-12-22-24(64)8-20(62)9-27(22)85-46(29)18-3-6-23(63)25(65)7-18/h1-12,27,30-32,36-38,40-45,48,50-52,54-57,59-66,69-71,73-78H,13-16H2,(H,79,80)(H,81,82)/p+1. The number of aliphatic hydroxyl groups is 15. The molecule has 4 aromatic rings. The van der Waals surface area contributed by atoms with E-state index in [1.807, 2.05) is 0 Å². The predicted octanol–water partition coefficient (Wildman–Crippen LogP) is -4.33. The van der Waals surface area contributed by atoms with Gasteiger partial charge in [-0.05, 0) is 36.4 Å². The molecule has 0 bridgehead atoms. The Kier molecular flexibility index (Phi) is 20.3. The maximum absolute atomic E-state index is 14.7. The summed E-state index contributed by atoms with van der Waals surface area (Å²) in [6.07, 6.45) is -43.2. The fraction of sp³-hybridized carbons (Fsp3) is 0.431. The lowest BCUT2D eigenvalue weighted by atomic mass is 9.96. The van der Waals surface area contributed by atoms with Gasteiger partial charge in [0.05, 0.1) is 30.4 Å². The zero-order chi connectivity index (χ0) is 68.8. The summed E-state index contributed by atoms with van der Waals surface area (Å²) in [4.78, 5) is 65.7. The first kappa shape index (κ1) is 68.7. The van der Waals surface area contributed by atoms with E-state index >= 15 is 0 Å². The maximum atomic E-state index is 14.7. The lowest BCUT2D eigenvalue weighted by molar-refractivity contribution is -0.358. The van der Waals surface area contributed by atoms with Crippen LogP contribution in [0, 0.1) is 0 Å². The highest BCUT2D eigenvalue weighted by atomic mass is 16.8. The van der Waals surface area contributed by atoms with Gasteiger partial charge in [0, 0.05) is 35.9 Å². The van der Waals surface area contributed by atoms with Gasteiger partial charge in [0.25, 0.3) is 0 Å². The molecular formula is C58H61O37+. The number of aliphatic hydroxyl groups excluding tert-OH is 13. The molecule has 4 saturated heterocycles. The lowest BCUT2D eigenvalue weighted by Gasteiger charge is -2.45. The van der Waals surface area contributed by atoms with Crippen LogP contribution in [0.3, 0.4) is 0 Å². The molecule has 0 amide bonds. The number of hydrogen-bond acceptors (Lipinski definition) is 34. The Morgan fingerprint density at radius 2 is 1.20 bits per heavy atom. The molecule has 0 saturated carbocycles. The Balaban J connectivity index is 0.885. The Bertz CT molecular complexity index is 3730. The van der Waals surface area contributed by atoms with Gasteiger partial charge in [0.1, 0.15) is 120 Å². The third-order valence-electron chi connectivity index (χ3n) is 15.6. The van der Waals surface area contributed by atoms with Crippen LogP contribution in [0.25, 0.3) is 28.1 Å². The zero-order valence-electron chi connectivity index (χ0n) is 48.3. The molecule has 20 N–H and O–H groups in total. The first-order valence-corrected chi connectivity index (χ1v) is 28.3. The summed E-state index contributed by atoms with van der Waals surface area (Å²) in [6.45, 7) is -3.04. The average Bonchev–Trinajstić information content (AvgIpc) is 0.767. The molecule has 6 aliphatic rings. The van der Waals surface area contributed by atoms with Crippen LogP contribution in [0.4, 0.5) is 4.79 Å². The van der Waals surface area contributed by atoms with Gasteiger partial charge in [-0.3, -0.25) is 14.4 Å². The summed E-state index contributed by atoms with van der Waals surface area (Å²) < 4.78 is 71.4. The van der Waals surface area contributed by atoms with E-state index in [9.17, 15) is 121 Å². The van der Waals surface area contributed by atoms with E-state index in [-0.39, 0.29) is 34.0 Å². The highest BCUT2D eigenvalue weighted by Crippen LogP contribution is 2.42. The zero-order valence-corrected chi connectivity index (χ0v) is 48.3. The number of allylic oxidation sites excluding steroid dienone is 2. The summed E-state index contributed by atoms with van der Waals surface area (Å²) in [7, 11) is 0. The maximum Gasteiger partial charge on any atom is 0.506 e. The molecule has 37 heteroatoms. The number of benzene rings is 3. The number of carbonyl (C=O) groups excluding carboxylic acids is 2. The number of rotatable bonds is 19. The van der Waals surface area contributed by atoms with Crippen LogP contribution in [-0.2, 0) is 57.0 Å². The second kappa shape index (κ2) is 28.1. The summed E-state index contributed by atoms with van der Waals surface area (Å²) in [5.74, 6) is -11.2. The molecule has 1 aromatic heterocycles. The van der Waals surface area contributed by atoms with E-state index in [1.165, 1.54) is 30.4 Å². The number of hydrogen-bond donors (Lipinski definition) is 19. The van der Waals surface area contributed by atoms with Gasteiger partial charge in [-0.25, -0.2) is 9.59 Å². The Hall–Kier alpha value is -9.13. The van der Waals surface area contributed by atoms with E-state index < -0.39 is 242 Å². The number of fused-ring (bicyclic) bond motifs is 2. The monoisotopic (exact) mass is 1350 g/mol. The average molecular weight is 1350 g/mol. The number of carboxylic acids is 1. The minimum atomic E-state index is -2.45. The number of aromatic hydroxyl groups is 4. The molecular weight excluding hydrogens is 1290 g/mol. The lowest BCUT2D eigenvalue weighted by Crippen LogP contribution is -2.65. The van der Waals surface area contributed by atoms with Crippen LogP contribution in [-0.4, -0.2) is 275 Å². The molecule has 5 aliphatic heterocycles. The topological polar surface area (TPSA) is 597 Å². The fourth-order valence-corrected chi connectivity index (χ4v) is 10.8.